The molecular weight excluding hydrogens is 466 g/mol. The van der Waals surface area contributed by atoms with E-state index in [0.717, 1.165) is 37.2 Å². The van der Waals surface area contributed by atoms with E-state index in [-0.39, 0.29) is 18.5 Å². The lowest BCUT2D eigenvalue weighted by molar-refractivity contribution is -0.121. The molecule has 1 amide bonds. The van der Waals surface area contributed by atoms with Gasteiger partial charge in [0.1, 0.15) is 4.32 Å². The van der Waals surface area contributed by atoms with Gasteiger partial charge in [0.2, 0.25) is 0 Å². The maximum atomic E-state index is 12.9. The minimum atomic E-state index is -0.327. The lowest BCUT2D eigenvalue weighted by atomic mass is 10.1. The molecule has 1 heterocycles. The minimum Gasteiger partial charge on any atom is -0.462 e. The molecule has 180 valence electrons. The zero-order chi connectivity index (χ0) is 24.5. The Hall–Kier alpha value is -2.84. The van der Waals surface area contributed by atoms with Gasteiger partial charge in [0.25, 0.3) is 5.91 Å². The summed E-state index contributed by atoms with van der Waals surface area (Å²) in [6.45, 7) is 8.90. The fraction of sp³-hybridized carbons (Fsp3) is 0.346. The fourth-order valence-corrected chi connectivity index (χ4v) is 4.70. The maximum absolute atomic E-state index is 12.9. The third kappa shape index (κ3) is 6.61. The van der Waals surface area contributed by atoms with Crippen molar-refractivity contribution in [2.75, 3.05) is 36.6 Å². The first kappa shape index (κ1) is 25.8. The van der Waals surface area contributed by atoms with Crippen molar-refractivity contribution in [1.29, 1.82) is 0 Å². The number of ether oxygens (including phenoxy) is 1. The molecular formula is C26H31N3O3S2. The smallest absolute Gasteiger partial charge is 0.338 e. The Labute approximate surface area is 211 Å². The zero-order valence-electron chi connectivity index (χ0n) is 19.9. The number of amides is 1. The van der Waals surface area contributed by atoms with Crippen molar-refractivity contribution in [2.45, 2.75) is 33.6 Å². The molecule has 8 heteroatoms. The van der Waals surface area contributed by atoms with Gasteiger partial charge < -0.3 is 15.0 Å². The highest BCUT2D eigenvalue weighted by atomic mass is 32.2. The van der Waals surface area contributed by atoms with Gasteiger partial charge in [0.05, 0.1) is 23.7 Å². The van der Waals surface area contributed by atoms with E-state index >= 15 is 0 Å². The first-order valence-corrected chi connectivity index (χ1v) is 12.8. The van der Waals surface area contributed by atoms with Crippen LogP contribution in [0.5, 0.6) is 0 Å². The molecule has 0 aliphatic carbocycles. The van der Waals surface area contributed by atoms with Gasteiger partial charge in [-0.15, -0.1) is 0 Å². The maximum Gasteiger partial charge on any atom is 0.338 e. The molecule has 2 aromatic carbocycles. The van der Waals surface area contributed by atoms with Crippen LogP contribution < -0.4 is 10.2 Å². The number of nitrogens with zero attached hydrogens (tertiary/aromatic N) is 2. The Morgan fingerprint density at radius 3 is 2.38 bits per heavy atom. The molecule has 0 radical (unpaired) electrons. The summed E-state index contributed by atoms with van der Waals surface area (Å²) in [5.41, 5.74) is 3.42. The third-order valence-electron chi connectivity index (χ3n) is 5.49. The van der Waals surface area contributed by atoms with Gasteiger partial charge >= 0.3 is 5.97 Å². The second-order valence-electron chi connectivity index (χ2n) is 7.78. The van der Waals surface area contributed by atoms with Crippen LogP contribution in [0.25, 0.3) is 6.08 Å². The fourth-order valence-electron chi connectivity index (χ4n) is 3.44. The van der Waals surface area contributed by atoms with Crippen LogP contribution >= 0.6 is 24.0 Å². The van der Waals surface area contributed by atoms with E-state index in [4.69, 9.17) is 17.0 Å². The van der Waals surface area contributed by atoms with Crippen molar-refractivity contribution in [3.8, 4) is 0 Å². The second-order valence-corrected chi connectivity index (χ2v) is 9.45. The number of thiocarbonyl (C=S) groups is 1. The number of carbonyl (C=O) groups is 2. The molecule has 2 aromatic rings. The van der Waals surface area contributed by atoms with E-state index in [1.165, 1.54) is 17.4 Å². The zero-order valence-corrected chi connectivity index (χ0v) is 21.5. The molecule has 6 nitrogen and oxygen atoms in total. The normalized spacial score (nSPS) is 14.6. The summed E-state index contributed by atoms with van der Waals surface area (Å²) in [6.07, 6.45) is 3.71. The predicted molar refractivity (Wildman–Crippen MR) is 145 cm³/mol. The molecule has 0 spiro atoms. The summed E-state index contributed by atoms with van der Waals surface area (Å²) < 4.78 is 5.74. The van der Waals surface area contributed by atoms with Crippen LogP contribution in [0.2, 0.25) is 0 Å². The van der Waals surface area contributed by atoms with E-state index in [1.54, 1.807) is 29.2 Å². The first-order valence-electron chi connectivity index (χ1n) is 11.6. The van der Waals surface area contributed by atoms with E-state index in [0.29, 0.717) is 21.4 Å². The number of hydrogen-bond donors (Lipinski definition) is 1. The SMILES string of the molecule is CCCCOC(=O)c1ccc(NCN2C(=O)/C(=C\c3ccc(N(CC)CC)cc3)SC2=S)cc1. The highest BCUT2D eigenvalue weighted by Crippen LogP contribution is 2.32. The van der Waals surface area contributed by atoms with Crippen molar-refractivity contribution in [1.82, 2.24) is 4.90 Å². The Morgan fingerprint density at radius 2 is 1.76 bits per heavy atom. The molecule has 0 unspecified atom stereocenters. The molecule has 34 heavy (non-hydrogen) atoms. The highest BCUT2D eigenvalue weighted by molar-refractivity contribution is 8.26. The number of nitrogens with one attached hydrogen (secondary N) is 1. The molecule has 1 N–H and O–H groups in total. The van der Waals surface area contributed by atoms with Gasteiger partial charge in [0.15, 0.2) is 0 Å². The summed E-state index contributed by atoms with van der Waals surface area (Å²) in [6, 6.07) is 15.2. The van der Waals surface area contributed by atoms with Crippen LogP contribution in [0.4, 0.5) is 11.4 Å². The summed E-state index contributed by atoms with van der Waals surface area (Å²) in [4.78, 5) is 29.4. The number of anilines is 2. The number of rotatable bonds is 11. The largest absolute Gasteiger partial charge is 0.462 e. The summed E-state index contributed by atoms with van der Waals surface area (Å²) in [7, 11) is 0. The number of thioether (sulfide) groups is 1. The molecule has 0 saturated carbocycles. The summed E-state index contributed by atoms with van der Waals surface area (Å²) in [5, 5.41) is 3.20. The lowest BCUT2D eigenvalue weighted by Gasteiger charge is -2.20. The summed E-state index contributed by atoms with van der Waals surface area (Å²) >= 11 is 6.74. The van der Waals surface area contributed by atoms with Gasteiger partial charge in [-0.1, -0.05) is 49.5 Å². The molecule has 0 bridgehead atoms. The van der Waals surface area contributed by atoms with Gasteiger partial charge in [-0.25, -0.2) is 4.79 Å². The number of hydrogen-bond acceptors (Lipinski definition) is 7. The average molecular weight is 498 g/mol. The quantitative estimate of drug-likeness (QED) is 0.183. The van der Waals surface area contributed by atoms with Crippen LogP contribution in [0, 0.1) is 0 Å². The van der Waals surface area contributed by atoms with Crippen molar-refractivity contribution in [3.05, 3.63) is 64.6 Å². The highest BCUT2D eigenvalue weighted by Gasteiger charge is 2.31. The molecule has 1 saturated heterocycles. The minimum absolute atomic E-state index is 0.119. The van der Waals surface area contributed by atoms with E-state index in [2.05, 4.69) is 36.2 Å². The number of benzene rings is 2. The van der Waals surface area contributed by atoms with Crippen LogP contribution in [0.3, 0.4) is 0 Å². The number of unbranched alkanes of at least 4 members (excludes halogenated alkanes) is 1. The van der Waals surface area contributed by atoms with Gasteiger partial charge in [-0.3, -0.25) is 9.69 Å². The molecule has 0 atom stereocenters. The lowest BCUT2D eigenvalue weighted by Crippen LogP contribution is -2.33. The van der Waals surface area contributed by atoms with Crippen molar-refractivity contribution < 1.29 is 14.3 Å². The standard InChI is InChI=1S/C26H31N3O3S2/c1-4-7-16-32-25(31)20-10-12-21(13-11-20)27-18-29-24(30)23(34-26(29)33)17-19-8-14-22(15-9-19)28(5-2)6-3/h8-15,17,27H,4-7,16,18H2,1-3H3/b23-17+. The molecule has 1 aliphatic rings. The molecule has 3 rings (SSSR count). The van der Waals surface area contributed by atoms with Crippen molar-refractivity contribution in [2.24, 2.45) is 0 Å². The number of esters is 1. The van der Waals surface area contributed by atoms with Gasteiger partial charge in [-0.05, 0) is 68.3 Å². The first-order chi connectivity index (χ1) is 16.5. The molecule has 0 aromatic heterocycles. The monoisotopic (exact) mass is 497 g/mol. The van der Waals surface area contributed by atoms with Crippen LogP contribution in [-0.2, 0) is 9.53 Å². The topological polar surface area (TPSA) is 61.9 Å². The number of carbonyl (C=O) groups excluding carboxylic acids is 2. The average Bonchev–Trinajstić information content (AvgIpc) is 3.12. The van der Waals surface area contributed by atoms with Crippen molar-refractivity contribution >= 4 is 57.6 Å². The van der Waals surface area contributed by atoms with Crippen LogP contribution in [-0.4, -0.2) is 47.5 Å². The predicted octanol–water partition coefficient (Wildman–Crippen LogP) is 5.76. The van der Waals surface area contributed by atoms with Crippen molar-refractivity contribution in [3.63, 3.8) is 0 Å². The van der Waals surface area contributed by atoms with Gasteiger partial charge in [-0.2, -0.15) is 0 Å². The summed E-state index contributed by atoms with van der Waals surface area (Å²) in [5.74, 6) is -0.446. The molecule has 1 aliphatic heterocycles. The van der Waals surface area contributed by atoms with Crippen LogP contribution in [0.1, 0.15) is 49.5 Å². The Bertz CT molecular complexity index is 1030. The molecule has 1 fully saturated rings. The van der Waals surface area contributed by atoms with E-state index in [9.17, 15) is 9.59 Å². The Balaban J connectivity index is 1.58. The van der Waals surface area contributed by atoms with Crippen LogP contribution in [0.15, 0.2) is 53.4 Å². The third-order valence-corrected chi connectivity index (χ3v) is 6.86. The second kappa shape index (κ2) is 12.6. The Morgan fingerprint density at radius 1 is 1.09 bits per heavy atom. The van der Waals surface area contributed by atoms with Gasteiger partial charge in [0, 0.05) is 24.5 Å². The van der Waals surface area contributed by atoms with E-state index in [1.807, 2.05) is 25.1 Å². The van der Waals surface area contributed by atoms with E-state index < -0.39 is 0 Å². The Kier molecular flexibility index (Phi) is 9.53.